The topological polar surface area (TPSA) is 92.5 Å². The molecule has 5 aromatic rings. The SMILES string of the molecule is CCOc1ccc(-n2c(-c3ccccc3)cn3c4c(=O)n([C@H](C)C(C)=O)c(=O)n(C)c4nc23)cc1. The van der Waals surface area contributed by atoms with Crippen LogP contribution in [-0.2, 0) is 11.8 Å². The number of hydrogen-bond donors (Lipinski definition) is 0. The molecular formula is C26H25N5O4. The average Bonchev–Trinajstić information content (AvgIpc) is 3.40. The number of rotatable bonds is 6. The summed E-state index contributed by atoms with van der Waals surface area (Å²) in [5.41, 5.74) is 1.92. The summed E-state index contributed by atoms with van der Waals surface area (Å²) >= 11 is 0. The lowest BCUT2D eigenvalue weighted by atomic mass is 10.1. The highest BCUT2D eigenvalue weighted by molar-refractivity contribution is 5.82. The van der Waals surface area contributed by atoms with E-state index in [2.05, 4.69) is 0 Å². The fourth-order valence-corrected chi connectivity index (χ4v) is 4.31. The molecule has 5 rings (SSSR count). The van der Waals surface area contributed by atoms with Crippen LogP contribution < -0.4 is 16.0 Å². The third-order valence-electron chi connectivity index (χ3n) is 6.25. The van der Waals surface area contributed by atoms with Crippen molar-refractivity contribution in [3.63, 3.8) is 0 Å². The molecule has 35 heavy (non-hydrogen) atoms. The fourth-order valence-electron chi connectivity index (χ4n) is 4.31. The Morgan fingerprint density at radius 2 is 1.74 bits per heavy atom. The summed E-state index contributed by atoms with van der Waals surface area (Å²) < 4.78 is 11.5. The third-order valence-corrected chi connectivity index (χ3v) is 6.25. The molecule has 0 amide bonds. The van der Waals surface area contributed by atoms with E-state index in [9.17, 15) is 14.4 Å². The van der Waals surface area contributed by atoms with E-state index in [0.717, 1.165) is 27.3 Å². The minimum Gasteiger partial charge on any atom is -0.494 e. The molecule has 0 spiro atoms. The van der Waals surface area contributed by atoms with Gasteiger partial charge in [-0.2, -0.15) is 4.98 Å². The van der Waals surface area contributed by atoms with Crippen LogP contribution in [0.3, 0.4) is 0 Å². The van der Waals surface area contributed by atoms with Crippen LogP contribution in [0.5, 0.6) is 5.75 Å². The number of hydrogen-bond acceptors (Lipinski definition) is 5. The van der Waals surface area contributed by atoms with Crippen molar-refractivity contribution in [2.24, 2.45) is 7.05 Å². The summed E-state index contributed by atoms with van der Waals surface area (Å²) in [4.78, 5) is 43.3. The van der Waals surface area contributed by atoms with Crippen LogP contribution in [-0.4, -0.2) is 35.5 Å². The number of aryl methyl sites for hydroxylation is 1. The third kappa shape index (κ3) is 3.47. The molecule has 2 aromatic carbocycles. The zero-order valence-electron chi connectivity index (χ0n) is 19.9. The van der Waals surface area contributed by atoms with E-state index in [0.29, 0.717) is 12.4 Å². The van der Waals surface area contributed by atoms with Gasteiger partial charge in [0.05, 0.1) is 18.3 Å². The summed E-state index contributed by atoms with van der Waals surface area (Å²) in [6.07, 6.45) is 1.84. The van der Waals surface area contributed by atoms with Gasteiger partial charge in [-0.1, -0.05) is 30.3 Å². The van der Waals surface area contributed by atoms with Gasteiger partial charge in [0.15, 0.2) is 16.9 Å². The Kier molecular flexibility index (Phi) is 5.39. The molecule has 9 heteroatoms. The van der Waals surface area contributed by atoms with Crippen molar-refractivity contribution in [2.45, 2.75) is 26.8 Å². The maximum Gasteiger partial charge on any atom is 0.333 e. The number of aromatic nitrogens is 5. The molecule has 0 aliphatic rings. The Hall–Kier alpha value is -4.40. The van der Waals surface area contributed by atoms with Gasteiger partial charge in [-0.05, 0) is 45.0 Å². The molecule has 0 N–H and O–H groups in total. The van der Waals surface area contributed by atoms with E-state index in [4.69, 9.17) is 9.72 Å². The molecule has 0 aliphatic heterocycles. The van der Waals surface area contributed by atoms with E-state index in [1.807, 2.05) is 72.3 Å². The first-order chi connectivity index (χ1) is 16.8. The number of imidazole rings is 2. The van der Waals surface area contributed by atoms with Gasteiger partial charge in [-0.3, -0.25) is 23.1 Å². The molecule has 3 heterocycles. The molecule has 9 nitrogen and oxygen atoms in total. The van der Waals surface area contributed by atoms with Crippen molar-refractivity contribution in [1.29, 1.82) is 0 Å². The zero-order valence-corrected chi connectivity index (χ0v) is 19.9. The van der Waals surface area contributed by atoms with Crippen LogP contribution in [0.1, 0.15) is 26.8 Å². The van der Waals surface area contributed by atoms with E-state index in [-0.39, 0.29) is 16.9 Å². The lowest BCUT2D eigenvalue weighted by Gasteiger charge is -2.12. The lowest BCUT2D eigenvalue weighted by molar-refractivity contribution is -0.119. The van der Waals surface area contributed by atoms with Crippen molar-refractivity contribution < 1.29 is 9.53 Å². The summed E-state index contributed by atoms with van der Waals surface area (Å²) in [6.45, 7) is 5.41. The molecule has 0 unspecified atom stereocenters. The normalized spacial score (nSPS) is 12.3. The Morgan fingerprint density at radius 3 is 2.37 bits per heavy atom. The minimum absolute atomic E-state index is 0.233. The number of carbonyl (C=O) groups is 1. The van der Waals surface area contributed by atoms with Crippen molar-refractivity contribution >= 4 is 22.7 Å². The number of ketones is 1. The molecule has 0 radical (unpaired) electrons. The summed E-state index contributed by atoms with van der Waals surface area (Å²) in [6, 6.07) is 16.5. The number of nitrogens with zero attached hydrogens (tertiary/aromatic N) is 5. The van der Waals surface area contributed by atoms with E-state index >= 15 is 0 Å². The van der Waals surface area contributed by atoms with Crippen LogP contribution in [0.15, 0.2) is 70.4 Å². The second-order valence-electron chi connectivity index (χ2n) is 8.40. The molecule has 0 bridgehead atoms. The average molecular weight is 472 g/mol. The Labute approximate surface area is 200 Å². The Bertz CT molecular complexity index is 1690. The molecular weight excluding hydrogens is 446 g/mol. The fraction of sp³-hybridized carbons (Fsp3) is 0.231. The van der Waals surface area contributed by atoms with Gasteiger partial charge in [-0.25, -0.2) is 9.36 Å². The number of benzene rings is 2. The first-order valence-electron chi connectivity index (χ1n) is 11.4. The van der Waals surface area contributed by atoms with Gasteiger partial charge in [0.1, 0.15) is 5.75 Å². The van der Waals surface area contributed by atoms with Crippen LogP contribution in [0.25, 0.3) is 33.9 Å². The van der Waals surface area contributed by atoms with Gasteiger partial charge >= 0.3 is 5.69 Å². The minimum atomic E-state index is -0.891. The van der Waals surface area contributed by atoms with Gasteiger partial charge in [0.25, 0.3) is 5.56 Å². The molecule has 1 atom stereocenters. The van der Waals surface area contributed by atoms with Gasteiger partial charge in [0.2, 0.25) is 5.78 Å². The van der Waals surface area contributed by atoms with Crippen molar-refractivity contribution in [1.82, 2.24) is 23.1 Å². The molecule has 0 saturated heterocycles. The Balaban J connectivity index is 1.88. The van der Waals surface area contributed by atoms with Crippen LogP contribution >= 0.6 is 0 Å². The molecule has 0 saturated carbocycles. The van der Waals surface area contributed by atoms with Crippen LogP contribution in [0, 0.1) is 0 Å². The highest BCUT2D eigenvalue weighted by atomic mass is 16.5. The Morgan fingerprint density at radius 1 is 1.06 bits per heavy atom. The standard InChI is InChI=1S/C26H25N5O4/c1-5-35-20-13-11-19(12-14-20)31-21(18-9-7-6-8-10-18)15-29-22-23(27-25(29)31)28(4)26(34)30(24(22)33)16(2)17(3)32/h6-16H,5H2,1-4H3/t16-/m1/s1. The van der Waals surface area contributed by atoms with Crippen LogP contribution in [0.2, 0.25) is 0 Å². The quantitative estimate of drug-likeness (QED) is 0.379. The first kappa shape index (κ1) is 22.4. The van der Waals surface area contributed by atoms with Crippen molar-refractivity contribution in [2.75, 3.05) is 6.61 Å². The van der Waals surface area contributed by atoms with E-state index < -0.39 is 17.3 Å². The van der Waals surface area contributed by atoms with Crippen molar-refractivity contribution in [3.05, 3.63) is 81.6 Å². The highest BCUT2D eigenvalue weighted by Gasteiger charge is 2.25. The zero-order chi connectivity index (χ0) is 24.9. The summed E-state index contributed by atoms with van der Waals surface area (Å²) in [5.74, 6) is 0.947. The van der Waals surface area contributed by atoms with E-state index in [1.54, 1.807) is 18.4 Å². The van der Waals surface area contributed by atoms with E-state index in [1.165, 1.54) is 11.5 Å². The first-order valence-corrected chi connectivity index (χ1v) is 11.4. The maximum absolute atomic E-state index is 13.5. The number of Topliss-reactive ketones (excluding diaryl/α,β-unsaturated/α-hetero) is 1. The molecule has 178 valence electrons. The predicted molar refractivity (Wildman–Crippen MR) is 134 cm³/mol. The molecule has 0 aliphatic carbocycles. The lowest BCUT2D eigenvalue weighted by Crippen LogP contribution is -2.42. The van der Waals surface area contributed by atoms with Gasteiger partial charge in [-0.15, -0.1) is 0 Å². The van der Waals surface area contributed by atoms with Crippen LogP contribution in [0.4, 0.5) is 0 Å². The smallest absolute Gasteiger partial charge is 0.333 e. The summed E-state index contributed by atoms with van der Waals surface area (Å²) in [5, 5.41) is 0. The predicted octanol–water partition coefficient (Wildman–Crippen LogP) is 3.35. The number of ether oxygens (including phenoxy) is 1. The monoisotopic (exact) mass is 471 g/mol. The second-order valence-corrected chi connectivity index (χ2v) is 8.40. The highest BCUT2D eigenvalue weighted by Crippen LogP contribution is 2.29. The number of fused-ring (bicyclic) bond motifs is 3. The number of carbonyl (C=O) groups excluding carboxylic acids is 1. The van der Waals surface area contributed by atoms with Crippen molar-refractivity contribution in [3.8, 4) is 22.7 Å². The second kappa shape index (κ2) is 8.43. The van der Waals surface area contributed by atoms with Gasteiger partial charge in [0, 0.05) is 24.5 Å². The summed E-state index contributed by atoms with van der Waals surface area (Å²) in [7, 11) is 1.55. The maximum atomic E-state index is 13.5. The van der Waals surface area contributed by atoms with Gasteiger partial charge < -0.3 is 4.74 Å². The molecule has 0 fully saturated rings. The largest absolute Gasteiger partial charge is 0.494 e. The molecule has 3 aromatic heterocycles.